The molecular formula is C13H15ClN6O+. The van der Waals surface area contributed by atoms with Crippen LogP contribution in [0.2, 0.25) is 0 Å². The first-order valence-corrected chi connectivity index (χ1v) is 7.21. The number of fused-ring (bicyclic) bond motifs is 1. The monoisotopic (exact) mass is 306 g/mol. The van der Waals surface area contributed by atoms with Crippen molar-refractivity contribution in [1.82, 2.24) is 19.5 Å². The van der Waals surface area contributed by atoms with Gasteiger partial charge >= 0.3 is 0 Å². The predicted molar refractivity (Wildman–Crippen MR) is 79.6 cm³/mol. The molecule has 1 radical (unpaired) electrons. The van der Waals surface area contributed by atoms with Crippen LogP contribution in [0.4, 0.5) is 5.82 Å². The van der Waals surface area contributed by atoms with Gasteiger partial charge in [0.1, 0.15) is 18.4 Å². The van der Waals surface area contributed by atoms with Gasteiger partial charge < -0.3 is 5.11 Å². The minimum atomic E-state index is -0.0935. The Labute approximate surface area is 126 Å². The van der Waals surface area contributed by atoms with Crippen molar-refractivity contribution >= 4 is 23.4 Å². The second-order valence-electron chi connectivity index (χ2n) is 5.36. The van der Waals surface area contributed by atoms with Gasteiger partial charge in [-0.2, -0.15) is 10.1 Å². The summed E-state index contributed by atoms with van der Waals surface area (Å²) in [4.78, 5) is 6.22. The largest absolute Gasteiger partial charge is 0.390 e. The van der Waals surface area contributed by atoms with Crippen LogP contribution in [0.15, 0.2) is 35.0 Å². The quantitative estimate of drug-likeness (QED) is 0.579. The topological polar surface area (TPSA) is 82.4 Å². The van der Waals surface area contributed by atoms with Gasteiger partial charge in [0.2, 0.25) is 0 Å². The summed E-state index contributed by atoms with van der Waals surface area (Å²) in [6.45, 7) is 0.393. The maximum Gasteiger partial charge on any atom is 0.285 e. The standard InChI is InChI=1S/C13H15ClN6O/c14-19-5-12-15-9(7-21)4-20(12)13(6-19)16-11-3-10(17-18-11)8-1-2-8/h3-4,6,8,21H,1-2,5,7H2,(H2,16,17,18)/q+1. The van der Waals surface area contributed by atoms with Crippen molar-refractivity contribution in [3.05, 3.63) is 35.7 Å². The van der Waals surface area contributed by atoms with E-state index in [0.717, 1.165) is 17.5 Å². The van der Waals surface area contributed by atoms with Crippen LogP contribution in [0.25, 0.3) is 0 Å². The van der Waals surface area contributed by atoms with Gasteiger partial charge in [-0.25, -0.2) is 0 Å². The van der Waals surface area contributed by atoms with E-state index in [2.05, 4.69) is 20.5 Å². The molecule has 0 aromatic carbocycles. The molecule has 109 valence electrons. The Bertz CT molecular complexity index is 659. The van der Waals surface area contributed by atoms with Crippen LogP contribution in [-0.2, 0) is 0 Å². The first-order chi connectivity index (χ1) is 10.2. The molecule has 1 aromatic rings. The number of hydrogen-bond acceptors (Lipinski definition) is 6. The van der Waals surface area contributed by atoms with E-state index in [1.807, 2.05) is 11.0 Å². The molecule has 1 fully saturated rings. The molecule has 2 aliphatic heterocycles. The van der Waals surface area contributed by atoms with Gasteiger partial charge in [-0.3, -0.25) is 14.8 Å². The number of aromatic nitrogens is 2. The summed E-state index contributed by atoms with van der Waals surface area (Å²) in [5, 5.41) is 19.8. The number of rotatable bonds is 4. The molecule has 21 heavy (non-hydrogen) atoms. The maximum absolute atomic E-state index is 9.22. The Morgan fingerprint density at radius 1 is 1.52 bits per heavy atom. The fourth-order valence-corrected chi connectivity index (χ4v) is 2.67. The van der Waals surface area contributed by atoms with Crippen molar-refractivity contribution in [2.45, 2.75) is 18.8 Å². The minimum absolute atomic E-state index is 0.0935. The highest BCUT2D eigenvalue weighted by Gasteiger charge is 2.39. The molecule has 0 bridgehead atoms. The molecule has 1 aromatic heterocycles. The van der Waals surface area contributed by atoms with Crippen LogP contribution >= 0.6 is 11.8 Å². The average molecular weight is 307 g/mol. The summed E-state index contributed by atoms with van der Waals surface area (Å²) in [5.74, 6) is 2.91. The van der Waals surface area contributed by atoms with E-state index in [4.69, 9.17) is 11.8 Å². The van der Waals surface area contributed by atoms with Gasteiger partial charge in [-0.15, -0.1) is 0 Å². The molecule has 1 saturated carbocycles. The van der Waals surface area contributed by atoms with Crippen LogP contribution in [0, 0.1) is 0 Å². The SMILES string of the molecule is OCC1=C[N+]2C(Nc3cc(C4CC4)[nH]n3)=CN(Cl)CC2=N1. The Hall–Kier alpha value is -1.83. The number of aliphatic imine (C=N–C) groups is 1. The number of halogens is 1. The fourth-order valence-electron chi connectivity index (χ4n) is 2.47. The molecule has 1 aliphatic carbocycles. The van der Waals surface area contributed by atoms with E-state index >= 15 is 0 Å². The molecule has 0 amide bonds. The molecule has 0 unspecified atom stereocenters. The van der Waals surface area contributed by atoms with Crippen molar-refractivity contribution in [2.24, 2.45) is 4.99 Å². The Kier molecular flexibility index (Phi) is 2.99. The van der Waals surface area contributed by atoms with Crippen LogP contribution in [0.5, 0.6) is 0 Å². The Balaban J connectivity index is 1.57. The number of aliphatic hydroxyl groups is 1. The zero-order chi connectivity index (χ0) is 14.4. The molecule has 0 spiro atoms. The molecule has 8 heteroatoms. The minimum Gasteiger partial charge on any atom is -0.390 e. The van der Waals surface area contributed by atoms with E-state index in [-0.39, 0.29) is 6.61 Å². The predicted octanol–water partition coefficient (Wildman–Crippen LogP) is 1.35. The first kappa shape index (κ1) is 12.9. The lowest BCUT2D eigenvalue weighted by Crippen LogP contribution is -2.42. The summed E-state index contributed by atoms with van der Waals surface area (Å²) >= 11 is 6.10. The van der Waals surface area contributed by atoms with Gasteiger partial charge in [0.15, 0.2) is 12.0 Å². The van der Waals surface area contributed by atoms with Gasteiger partial charge in [-0.05, 0) is 17.7 Å². The molecule has 0 saturated heterocycles. The molecule has 3 N–H and O–H groups in total. The van der Waals surface area contributed by atoms with Crippen LogP contribution in [0.3, 0.4) is 0 Å². The van der Waals surface area contributed by atoms with Crippen LogP contribution in [-0.4, -0.2) is 38.7 Å². The highest BCUT2D eigenvalue weighted by Crippen LogP contribution is 2.39. The van der Waals surface area contributed by atoms with Gasteiger partial charge in [0.05, 0.1) is 6.61 Å². The van der Waals surface area contributed by atoms with E-state index < -0.39 is 0 Å². The van der Waals surface area contributed by atoms with E-state index in [1.165, 1.54) is 23.0 Å². The van der Waals surface area contributed by atoms with Crippen molar-refractivity contribution in [3.63, 3.8) is 0 Å². The lowest BCUT2D eigenvalue weighted by Gasteiger charge is -2.18. The number of H-pyrrole nitrogens is 1. The van der Waals surface area contributed by atoms with E-state index in [1.54, 1.807) is 12.4 Å². The van der Waals surface area contributed by atoms with E-state index in [9.17, 15) is 5.11 Å². The van der Waals surface area contributed by atoms with Gasteiger partial charge in [0, 0.05) is 29.5 Å². The molecule has 0 atom stereocenters. The zero-order valence-electron chi connectivity index (χ0n) is 11.3. The third-order valence-corrected chi connectivity index (χ3v) is 3.89. The zero-order valence-corrected chi connectivity index (χ0v) is 12.0. The molecule has 3 heterocycles. The fraction of sp³-hybridized carbons (Fsp3) is 0.385. The molecule has 7 nitrogen and oxygen atoms in total. The van der Waals surface area contributed by atoms with Gasteiger partial charge in [-0.1, -0.05) is 0 Å². The van der Waals surface area contributed by atoms with Gasteiger partial charge in [0.25, 0.3) is 11.7 Å². The lowest BCUT2D eigenvalue weighted by atomic mass is 10.3. The summed E-state index contributed by atoms with van der Waals surface area (Å²) in [5.41, 5.74) is 1.78. The smallest absolute Gasteiger partial charge is 0.285 e. The third kappa shape index (κ3) is 2.44. The Morgan fingerprint density at radius 3 is 3.14 bits per heavy atom. The average Bonchev–Trinajstić information content (AvgIpc) is 3.06. The number of hydrogen-bond donors (Lipinski definition) is 3. The van der Waals surface area contributed by atoms with Crippen molar-refractivity contribution in [3.8, 4) is 0 Å². The Morgan fingerprint density at radius 2 is 2.38 bits per heavy atom. The third-order valence-electron chi connectivity index (χ3n) is 3.68. The second-order valence-corrected chi connectivity index (χ2v) is 5.79. The van der Waals surface area contributed by atoms with E-state index in [0.29, 0.717) is 18.2 Å². The number of nitrogens with one attached hydrogen (secondary N) is 2. The molecule has 4 rings (SSSR count). The normalized spacial score (nSPS) is 21.8. The van der Waals surface area contributed by atoms with Crippen molar-refractivity contribution in [2.75, 3.05) is 18.5 Å². The summed E-state index contributed by atoms with van der Waals surface area (Å²) < 4.78 is 1.53. The number of aromatic amines is 1. The summed E-state index contributed by atoms with van der Waals surface area (Å²) in [6.07, 6.45) is 6.03. The number of aliphatic hydroxyl groups excluding tert-OH is 1. The summed E-state index contributed by atoms with van der Waals surface area (Å²) in [7, 11) is 0. The maximum atomic E-state index is 9.22. The molecular weight excluding hydrogens is 292 g/mol. The van der Waals surface area contributed by atoms with Crippen molar-refractivity contribution < 1.29 is 5.11 Å². The first-order valence-electron chi connectivity index (χ1n) is 6.88. The molecule has 3 aliphatic rings. The van der Waals surface area contributed by atoms with Crippen LogP contribution < -0.4 is 10.2 Å². The second kappa shape index (κ2) is 4.87. The van der Waals surface area contributed by atoms with Crippen molar-refractivity contribution in [1.29, 1.82) is 0 Å². The highest BCUT2D eigenvalue weighted by atomic mass is 35.5. The lowest BCUT2D eigenvalue weighted by molar-refractivity contribution is 0.330. The van der Waals surface area contributed by atoms with Crippen LogP contribution in [0.1, 0.15) is 24.5 Å². The number of nitrogens with zero attached hydrogens (tertiary/aromatic N) is 4. The highest BCUT2D eigenvalue weighted by molar-refractivity contribution is 6.16. The number of anilines is 1. The summed E-state index contributed by atoms with van der Waals surface area (Å²) in [6, 6.07) is 2.02. The number of amidine groups is 1.